The third-order valence-corrected chi connectivity index (χ3v) is 6.55. The molecular weight excluding hydrogens is 593 g/mol. The molecule has 0 heterocycles. The summed E-state index contributed by atoms with van der Waals surface area (Å²) in [4.78, 5) is 25.1. The molecule has 13 heteroatoms. The minimum absolute atomic E-state index is 0.0894. The van der Waals surface area contributed by atoms with Crippen molar-refractivity contribution < 1.29 is 27.8 Å². The van der Waals surface area contributed by atoms with E-state index in [9.17, 15) is 9.18 Å². The lowest BCUT2D eigenvalue weighted by Gasteiger charge is -2.11. The highest BCUT2D eigenvalue weighted by Gasteiger charge is 2.11. The molecule has 9 nitrogen and oxygen atoms in total. The first-order valence-electron chi connectivity index (χ1n) is 13.3. The summed E-state index contributed by atoms with van der Waals surface area (Å²) in [6.45, 7) is 6.95. The van der Waals surface area contributed by atoms with Crippen LogP contribution >= 0.6 is 11.8 Å². The number of nitrogens with zero attached hydrogens (tertiary/aromatic N) is 4. The van der Waals surface area contributed by atoms with Gasteiger partial charge >= 0.3 is 5.97 Å². The molecule has 0 aliphatic rings. The number of carbonyl (C=O) groups is 1. The molecule has 0 atom stereocenters. The van der Waals surface area contributed by atoms with Crippen LogP contribution in [0.3, 0.4) is 0 Å². The van der Waals surface area contributed by atoms with E-state index in [4.69, 9.17) is 29.3 Å². The van der Waals surface area contributed by atoms with Crippen molar-refractivity contribution in [3.63, 3.8) is 0 Å². The number of halogens is 3. The highest BCUT2D eigenvalue weighted by molar-refractivity contribution is 8.13. The van der Waals surface area contributed by atoms with E-state index < -0.39 is 6.67 Å². The van der Waals surface area contributed by atoms with Gasteiger partial charge in [0.05, 0.1) is 30.6 Å². The summed E-state index contributed by atoms with van der Waals surface area (Å²) < 4.78 is 39.3. The van der Waals surface area contributed by atoms with Crippen LogP contribution in [-0.4, -0.2) is 42.6 Å². The molecule has 3 aromatic rings. The summed E-state index contributed by atoms with van der Waals surface area (Å²) in [6.07, 6.45) is 3.01. The molecule has 3 aromatic carbocycles. The topological polar surface area (TPSA) is 123 Å². The van der Waals surface area contributed by atoms with E-state index in [0.717, 1.165) is 33.7 Å². The van der Waals surface area contributed by atoms with Crippen LogP contribution in [-0.2, 0) is 16.2 Å². The lowest BCUT2D eigenvalue weighted by Crippen LogP contribution is -2.17. The number of hydrogen-bond acceptors (Lipinski definition) is 7. The maximum atomic E-state index is 12.6. The van der Waals surface area contributed by atoms with Crippen LogP contribution in [0.25, 0.3) is 0 Å². The van der Waals surface area contributed by atoms with Crippen LogP contribution in [0.5, 0.6) is 5.75 Å². The molecule has 0 unspecified atom stereocenters. The van der Waals surface area contributed by atoms with Gasteiger partial charge in [-0.25, -0.2) is 19.4 Å². The van der Waals surface area contributed by atoms with Gasteiger partial charge in [-0.1, -0.05) is 50.2 Å². The molecule has 0 radical (unpaired) electrons. The number of amidine groups is 2. The summed E-state index contributed by atoms with van der Waals surface area (Å²) >= 11 is 1.23. The molecule has 0 aromatic heterocycles. The first-order chi connectivity index (χ1) is 21.2. The summed E-state index contributed by atoms with van der Waals surface area (Å²) in [5, 5.41) is 4.80. The number of aryl methyl sites for hydroxylation is 2. The van der Waals surface area contributed by atoms with Gasteiger partial charge in [-0.3, -0.25) is 10.2 Å². The number of alkyl halides is 1. The lowest BCUT2D eigenvalue weighted by atomic mass is 10.1. The average Bonchev–Trinajstić information content (AvgIpc) is 3.03. The normalized spacial score (nSPS) is 11.9. The summed E-state index contributed by atoms with van der Waals surface area (Å²) in [5.74, 6) is 0.627. The Kier molecular flexibility index (Phi) is 15.2. The van der Waals surface area contributed by atoms with Crippen LogP contribution < -0.4 is 15.9 Å². The van der Waals surface area contributed by atoms with Gasteiger partial charge in [-0.15, -0.1) is 0 Å². The molecule has 234 valence electrons. The quantitative estimate of drug-likeness (QED) is 0.0762. The van der Waals surface area contributed by atoms with Crippen LogP contribution in [0.1, 0.15) is 41.7 Å². The molecular formula is C31H35F3N6O3S. The van der Waals surface area contributed by atoms with Crippen molar-refractivity contribution in [2.24, 2.45) is 31.7 Å². The zero-order valence-electron chi connectivity index (χ0n) is 25.1. The lowest BCUT2D eigenvalue weighted by molar-refractivity contribution is -0.144. The van der Waals surface area contributed by atoms with Gasteiger partial charge in [0, 0.05) is 14.7 Å². The average molecular weight is 629 g/mol. The molecule has 3 rings (SSSR count). The van der Waals surface area contributed by atoms with Crippen LogP contribution in [0.2, 0.25) is 0 Å². The Bertz CT molecular complexity index is 1450. The number of thioether (sulfide) groups is 1. The third-order valence-electron chi connectivity index (χ3n) is 5.86. The maximum Gasteiger partial charge on any atom is 0.309 e. The Morgan fingerprint density at radius 3 is 2.25 bits per heavy atom. The minimum atomic E-state index is -0.516. The zero-order chi connectivity index (χ0) is 32.5. The smallest absolute Gasteiger partial charge is 0.309 e. The number of nitrogens with one attached hydrogen (secondary N) is 1. The van der Waals surface area contributed by atoms with E-state index >= 15 is 0 Å². The molecule has 44 heavy (non-hydrogen) atoms. The van der Waals surface area contributed by atoms with Crippen molar-refractivity contribution in [2.75, 3.05) is 13.0 Å². The van der Waals surface area contributed by atoms with Gasteiger partial charge in [-0.05, 0) is 72.1 Å². The molecule has 0 spiro atoms. The molecule has 0 saturated carbocycles. The van der Waals surface area contributed by atoms with E-state index in [1.807, 2.05) is 50.2 Å². The van der Waals surface area contributed by atoms with Crippen molar-refractivity contribution in [1.82, 2.24) is 5.43 Å². The fourth-order valence-electron chi connectivity index (χ4n) is 3.52. The minimum Gasteiger partial charge on any atom is -0.497 e. The number of carbonyl (C=O) groups excluding carboxylic acids is 1. The Balaban J connectivity index is 0.00000330. The predicted molar refractivity (Wildman–Crippen MR) is 172 cm³/mol. The summed E-state index contributed by atoms with van der Waals surface area (Å²) in [5.41, 5.74) is 14.5. The Morgan fingerprint density at radius 2 is 1.68 bits per heavy atom. The number of benzene rings is 3. The second kappa shape index (κ2) is 18.8. The first kappa shape index (κ1) is 35.5. The monoisotopic (exact) mass is 628 g/mol. The van der Waals surface area contributed by atoms with Gasteiger partial charge in [-0.2, -0.15) is 5.10 Å². The number of methoxy groups -OCH3 is 1. The number of ether oxygens (including phenoxy) is 2. The third kappa shape index (κ3) is 11.6. The number of rotatable bonds is 11. The molecule has 0 aliphatic carbocycles. The Morgan fingerprint density at radius 1 is 1.05 bits per heavy atom. The van der Waals surface area contributed by atoms with Crippen LogP contribution in [0, 0.1) is 19.8 Å². The highest BCUT2D eigenvalue weighted by Crippen LogP contribution is 2.29. The molecule has 0 saturated heterocycles. The summed E-state index contributed by atoms with van der Waals surface area (Å²) in [6, 6.07) is 17.9. The SMILES string of the molecule is COc1cc(C)c(N=C(N/N=C/c2ccc(C(N)=NC=Nc3ccc(CF)cc3)cc2)SCOC(=O)C(C)C)c(C)c1.FF. The van der Waals surface area contributed by atoms with Gasteiger partial charge in [0.1, 0.15) is 30.5 Å². The second-order valence-electron chi connectivity index (χ2n) is 9.46. The van der Waals surface area contributed by atoms with Gasteiger partial charge in [0.25, 0.3) is 0 Å². The number of hydrogen-bond donors (Lipinski definition) is 2. The van der Waals surface area contributed by atoms with Crippen molar-refractivity contribution >= 4 is 52.7 Å². The first-order valence-corrected chi connectivity index (χ1v) is 14.3. The number of nitrogens with two attached hydrogens (primary N) is 1. The van der Waals surface area contributed by atoms with Crippen molar-refractivity contribution in [3.8, 4) is 5.75 Å². The number of aliphatic imine (C=N–C) groups is 3. The fourth-order valence-corrected chi connectivity index (χ4v) is 4.08. The Labute approximate surface area is 259 Å². The van der Waals surface area contributed by atoms with E-state index in [1.165, 1.54) is 18.1 Å². The maximum absolute atomic E-state index is 12.6. The van der Waals surface area contributed by atoms with E-state index in [0.29, 0.717) is 22.3 Å². The molecule has 0 amide bonds. The molecule has 0 bridgehead atoms. The largest absolute Gasteiger partial charge is 0.497 e. The van der Waals surface area contributed by atoms with Crippen LogP contribution in [0.15, 0.2) is 80.7 Å². The van der Waals surface area contributed by atoms with Crippen molar-refractivity contribution in [1.29, 1.82) is 0 Å². The second-order valence-corrected chi connectivity index (χ2v) is 10.4. The van der Waals surface area contributed by atoms with Crippen molar-refractivity contribution in [2.45, 2.75) is 34.4 Å². The number of hydrazone groups is 1. The van der Waals surface area contributed by atoms with Gasteiger partial charge < -0.3 is 15.2 Å². The molecule has 0 fully saturated rings. The van der Waals surface area contributed by atoms with E-state index in [-0.39, 0.29) is 17.8 Å². The predicted octanol–water partition coefficient (Wildman–Crippen LogP) is 7.19. The van der Waals surface area contributed by atoms with Crippen LogP contribution in [0.4, 0.5) is 24.9 Å². The zero-order valence-corrected chi connectivity index (χ0v) is 25.9. The van der Waals surface area contributed by atoms with Gasteiger partial charge in [0.2, 0.25) is 0 Å². The van der Waals surface area contributed by atoms with Gasteiger partial charge in [0.15, 0.2) is 5.17 Å². The summed E-state index contributed by atoms with van der Waals surface area (Å²) in [7, 11) is 1.62. The number of esters is 1. The van der Waals surface area contributed by atoms with E-state index in [2.05, 4.69) is 20.5 Å². The standard InChI is InChI=1S/C31H35FN6O3S.F2/c1-20(2)30(39)41-19-42-31(37-28-21(3)14-27(40-5)15-22(28)4)38-36-17-24-6-10-25(11-7-24)29(33)35-18-34-26-12-8-23(16-32)9-13-26;1-2/h6-15,17-18,20H,16,19H2,1-5H3,(H,37,38)(H2,33,34,35);/b36-17+;. The molecule has 3 N–H and O–H groups in total. The fraction of sp³-hybridized carbons (Fsp3) is 0.258. The Hall–Kier alpha value is -4.65. The van der Waals surface area contributed by atoms with E-state index in [1.54, 1.807) is 51.4 Å². The van der Waals surface area contributed by atoms with Crippen molar-refractivity contribution in [3.05, 3.63) is 88.5 Å². The highest BCUT2D eigenvalue weighted by atomic mass is 32.2. The molecule has 0 aliphatic heterocycles.